The van der Waals surface area contributed by atoms with Gasteiger partial charge in [-0.3, -0.25) is 5.10 Å². The predicted molar refractivity (Wildman–Crippen MR) is 89.5 cm³/mol. The van der Waals surface area contributed by atoms with E-state index in [0.717, 1.165) is 28.1 Å². The number of aromatic carboxylic acids is 1. The lowest BCUT2D eigenvalue weighted by Gasteiger charge is -2.09. The molecular formula is C18H17N3O2. The molecular weight excluding hydrogens is 290 g/mol. The number of hydrogen-bond donors (Lipinski definition) is 3. The third-order valence-electron chi connectivity index (χ3n) is 3.73. The minimum Gasteiger partial charge on any atom is -0.478 e. The Hall–Kier alpha value is -3.08. The number of aromatic nitrogens is 2. The van der Waals surface area contributed by atoms with Crippen LogP contribution in [-0.4, -0.2) is 21.3 Å². The first-order chi connectivity index (χ1) is 11.1. The van der Waals surface area contributed by atoms with Crippen molar-refractivity contribution in [2.45, 2.75) is 13.5 Å². The number of aryl methyl sites for hydroxylation is 1. The lowest BCUT2D eigenvalue weighted by atomic mass is 10.1. The van der Waals surface area contributed by atoms with Crippen molar-refractivity contribution in [2.75, 3.05) is 5.32 Å². The van der Waals surface area contributed by atoms with Crippen molar-refractivity contribution in [1.29, 1.82) is 0 Å². The van der Waals surface area contributed by atoms with Crippen LogP contribution in [0.25, 0.3) is 11.3 Å². The molecule has 3 N–H and O–H groups in total. The van der Waals surface area contributed by atoms with E-state index < -0.39 is 5.97 Å². The van der Waals surface area contributed by atoms with E-state index >= 15 is 0 Å². The highest BCUT2D eigenvalue weighted by Gasteiger charge is 2.10. The Bertz CT molecular complexity index is 825. The molecule has 0 amide bonds. The smallest absolute Gasteiger partial charge is 0.336 e. The van der Waals surface area contributed by atoms with Crippen LogP contribution in [-0.2, 0) is 6.54 Å². The average Bonchev–Trinajstić information content (AvgIpc) is 3.03. The molecule has 0 aliphatic carbocycles. The molecule has 0 saturated carbocycles. The van der Waals surface area contributed by atoms with E-state index in [4.69, 9.17) is 0 Å². The Balaban J connectivity index is 1.79. The third-order valence-corrected chi connectivity index (χ3v) is 3.73. The summed E-state index contributed by atoms with van der Waals surface area (Å²) in [5.41, 5.74) is 4.88. The standard InChI is InChI=1S/C18H17N3O2/c1-12-7-8-15(9-16(12)18(22)23)19-10-14-11-20-21-17(14)13-5-3-2-4-6-13/h2-9,11,19H,10H2,1H3,(H,20,21)(H,22,23). The van der Waals surface area contributed by atoms with Crippen molar-refractivity contribution in [2.24, 2.45) is 0 Å². The van der Waals surface area contributed by atoms with E-state index in [2.05, 4.69) is 15.5 Å². The van der Waals surface area contributed by atoms with Gasteiger partial charge in [-0.1, -0.05) is 36.4 Å². The summed E-state index contributed by atoms with van der Waals surface area (Å²) in [6.45, 7) is 2.35. The lowest BCUT2D eigenvalue weighted by molar-refractivity contribution is 0.0696. The molecule has 3 rings (SSSR count). The van der Waals surface area contributed by atoms with Gasteiger partial charge in [0.15, 0.2) is 0 Å². The van der Waals surface area contributed by atoms with Crippen molar-refractivity contribution >= 4 is 11.7 Å². The number of carboxylic acid groups (broad SMARTS) is 1. The minimum atomic E-state index is -0.917. The predicted octanol–water partition coefficient (Wildman–Crippen LogP) is 3.70. The largest absolute Gasteiger partial charge is 0.478 e. The van der Waals surface area contributed by atoms with Gasteiger partial charge in [-0.25, -0.2) is 4.79 Å². The maximum Gasteiger partial charge on any atom is 0.336 e. The van der Waals surface area contributed by atoms with Gasteiger partial charge < -0.3 is 10.4 Å². The van der Waals surface area contributed by atoms with E-state index in [1.807, 2.05) is 36.4 Å². The molecule has 5 nitrogen and oxygen atoms in total. The van der Waals surface area contributed by atoms with Crippen LogP contribution in [0.3, 0.4) is 0 Å². The zero-order valence-electron chi connectivity index (χ0n) is 12.7. The molecule has 0 radical (unpaired) electrons. The van der Waals surface area contributed by atoms with Gasteiger partial charge >= 0.3 is 5.97 Å². The Morgan fingerprint density at radius 1 is 1.22 bits per heavy atom. The van der Waals surface area contributed by atoms with Crippen molar-refractivity contribution in [3.63, 3.8) is 0 Å². The van der Waals surface area contributed by atoms with Gasteiger partial charge in [0.05, 0.1) is 17.5 Å². The first-order valence-electron chi connectivity index (χ1n) is 7.30. The Kier molecular flexibility index (Phi) is 4.10. The van der Waals surface area contributed by atoms with Crippen molar-refractivity contribution in [3.05, 3.63) is 71.4 Å². The Morgan fingerprint density at radius 2 is 2.00 bits per heavy atom. The zero-order valence-corrected chi connectivity index (χ0v) is 12.7. The maximum absolute atomic E-state index is 11.2. The SMILES string of the molecule is Cc1ccc(NCc2cn[nH]c2-c2ccccc2)cc1C(=O)O. The van der Waals surface area contributed by atoms with Gasteiger partial charge in [0, 0.05) is 17.8 Å². The normalized spacial score (nSPS) is 10.5. The van der Waals surface area contributed by atoms with E-state index in [-0.39, 0.29) is 0 Å². The molecule has 0 unspecified atom stereocenters. The first kappa shape index (κ1) is 14.8. The molecule has 1 heterocycles. The van der Waals surface area contributed by atoms with Crippen LogP contribution in [0.4, 0.5) is 5.69 Å². The molecule has 0 fully saturated rings. The number of carboxylic acids is 1. The summed E-state index contributed by atoms with van der Waals surface area (Å²) in [5, 5.41) is 19.6. The first-order valence-corrected chi connectivity index (χ1v) is 7.30. The molecule has 0 spiro atoms. The summed E-state index contributed by atoms with van der Waals surface area (Å²) in [5.74, 6) is -0.917. The van der Waals surface area contributed by atoms with E-state index in [0.29, 0.717) is 12.1 Å². The molecule has 23 heavy (non-hydrogen) atoms. The topological polar surface area (TPSA) is 78.0 Å². The fraction of sp³-hybridized carbons (Fsp3) is 0.111. The molecule has 0 aliphatic rings. The lowest BCUT2D eigenvalue weighted by Crippen LogP contribution is -2.04. The van der Waals surface area contributed by atoms with Crippen LogP contribution in [0.2, 0.25) is 0 Å². The van der Waals surface area contributed by atoms with Crippen molar-refractivity contribution in [3.8, 4) is 11.3 Å². The monoisotopic (exact) mass is 307 g/mol. The average molecular weight is 307 g/mol. The summed E-state index contributed by atoms with van der Waals surface area (Å²) in [6.07, 6.45) is 1.78. The molecule has 5 heteroatoms. The summed E-state index contributed by atoms with van der Waals surface area (Å²) in [4.78, 5) is 11.2. The second kappa shape index (κ2) is 6.36. The molecule has 0 bridgehead atoms. The van der Waals surface area contributed by atoms with Gasteiger partial charge in [-0.05, 0) is 30.2 Å². The van der Waals surface area contributed by atoms with E-state index in [1.165, 1.54) is 0 Å². The quantitative estimate of drug-likeness (QED) is 0.671. The highest BCUT2D eigenvalue weighted by Crippen LogP contribution is 2.22. The minimum absolute atomic E-state index is 0.311. The van der Waals surface area contributed by atoms with Gasteiger partial charge in [0.25, 0.3) is 0 Å². The van der Waals surface area contributed by atoms with Crippen molar-refractivity contribution in [1.82, 2.24) is 10.2 Å². The number of carbonyl (C=O) groups is 1. The number of benzene rings is 2. The van der Waals surface area contributed by atoms with Crippen molar-refractivity contribution < 1.29 is 9.90 Å². The Morgan fingerprint density at radius 3 is 2.74 bits per heavy atom. The number of aromatic amines is 1. The molecule has 3 aromatic rings. The van der Waals surface area contributed by atoms with Crippen LogP contribution in [0, 0.1) is 6.92 Å². The van der Waals surface area contributed by atoms with Crippen LogP contribution in [0.1, 0.15) is 21.5 Å². The molecule has 0 saturated heterocycles. The molecule has 0 aliphatic heterocycles. The highest BCUT2D eigenvalue weighted by molar-refractivity contribution is 5.90. The second-order valence-electron chi connectivity index (χ2n) is 5.32. The summed E-state index contributed by atoms with van der Waals surface area (Å²) < 4.78 is 0. The zero-order chi connectivity index (χ0) is 16.2. The Labute approximate surface area is 134 Å². The fourth-order valence-corrected chi connectivity index (χ4v) is 2.46. The summed E-state index contributed by atoms with van der Waals surface area (Å²) in [7, 11) is 0. The summed E-state index contributed by atoms with van der Waals surface area (Å²) >= 11 is 0. The van der Waals surface area contributed by atoms with Gasteiger partial charge in [0.1, 0.15) is 0 Å². The molecule has 1 aromatic heterocycles. The van der Waals surface area contributed by atoms with Gasteiger partial charge in [-0.2, -0.15) is 5.10 Å². The molecule has 0 atom stereocenters. The van der Waals surface area contributed by atoms with Crippen LogP contribution < -0.4 is 5.32 Å². The van der Waals surface area contributed by atoms with Crippen LogP contribution in [0.15, 0.2) is 54.7 Å². The summed E-state index contributed by atoms with van der Waals surface area (Å²) in [6, 6.07) is 15.3. The van der Waals surface area contributed by atoms with E-state index in [9.17, 15) is 9.90 Å². The molecule has 116 valence electrons. The second-order valence-corrected chi connectivity index (χ2v) is 5.32. The number of anilines is 1. The number of rotatable bonds is 5. The van der Waals surface area contributed by atoms with Crippen LogP contribution >= 0.6 is 0 Å². The fourth-order valence-electron chi connectivity index (χ4n) is 2.46. The highest BCUT2D eigenvalue weighted by atomic mass is 16.4. The third kappa shape index (κ3) is 3.23. The van der Waals surface area contributed by atoms with Gasteiger partial charge in [-0.15, -0.1) is 0 Å². The van der Waals surface area contributed by atoms with E-state index in [1.54, 1.807) is 25.3 Å². The number of H-pyrrole nitrogens is 1. The number of hydrogen-bond acceptors (Lipinski definition) is 3. The molecule has 2 aromatic carbocycles. The number of nitrogens with zero attached hydrogens (tertiary/aromatic N) is 1. The number of nitrogens with one attached hydrogen (secondary N) is 2. The van der Waals surface area contributed by atoms with Gasteiger partial charge in [0.2, 0.25) is 0 Å². The van der Waals surface area contributed by atoms with Crippen LogP contribution in [0.5, 0.6) is 0 Å². The maximum atomic E-state index is 11.2.